The molecule has 1 aromatic heterocycles. The number of hydrogen-bond donors (Lipinski definition) is 3. The van der Waals surface area contributed by atoms with Crippen LogP contribution < -0.4 is 20.1 Å². The van der Waals surface area contributed by atoms with Gasteiger partial charge in [-0.05, 0) is 54.7 Å². The van der Waals surface area contributed by atoms with Crippen molar-refractivity contribution in [2.24, 2.45) is 4.99 Å². The van der Waals surface area contributed by atoms with Gasteiger partial charge in [-0.2, -0.15) is 0 Å². The Hall–Kier alpha value is -2.42. The number of aryl methyl sites for hydroxylation is 1. The van der Waals surface area contributed by atoms with E-state index in [-0.39, 0.29) is 24.0 Å². The minimum atomic E-state index is 0. The number of rotatable bonds is 8. The number of benzene rings is 2. The lowest BCUT2D eigenvalue weighted by molar-refractivity contribution is 0.354. The third-order valence-electron chi connectivity index (χ3n) is 5.06. The van der Waals surface area contributed by atoms with Crippen molar-refractivity contribution in [1.29, 1.82) is 0 Å². The van der Waals surface area contributed by atoms with Gasteiger partial charge in [0.1, 0.15) is 0 Å². The molecule has 7 heteroatoms. The van der Waals surface area contributed by atoms with Crippen LogP contribution in [-0.2, 0) is 12.8 Å². The molecule has 0 fully saturated rings. The van der Waals surface area contributed by atoms with Gasteiger partial charge in [-0.25, -0.2) is 0 Å². The number of methoxy groups -OCH3 is 2. The maximum atomic E-state index is 5.37. The number of fused-ring (bicyclic) bond motifs is 1. The minimum absolute atomic E-state index is 0. The molecule has 0 bridgehead atoms. The van der Waals surface area contributed by atoms with Crippen molar-refractivity contribution in [3.05, 3.63) is 59.3 Å². The Morgan fingerprint density at radius 3 is 2.43 bits per heavy atom. The SMILES string of the molecule is CN=C(NCCc1ccc(OC)c(OC)c1)NCCc1c[nH]c2cccc(C)c12.I. The highest BCUT2D eigenvalue weighted by Crippen LogP contribution is 2.27. The van der Waals surface area contributed by atoms with Crippen LogP contribution in [0, 0.1) is 6.92 Å². The number of H-pyrrole nitrogens is 1. The topological polar surface area (TPSA) is 70.7 Å². The average molecular weight is 522 g/mol. The number of aromatic nitrogens is 1. The summed E-state index contributed by atoms with van der Waals surface area (Å²) in [6.45, 7) is 3.75. The van der Waals surface area contributed by atoms with Crippen molar-refractivity contribution < 1.29 is 9.47 Å². The molecule has 1 heterocycles. The molecule has 6 nitrogen and oxygen atoms in total. The number of aliphatic imine (C=N–C) groups is 1. The lowest BCUT2D eigenvalue weighted by Gasteiger charge is -2.13. The molecule has 3 N–H and O–H groups in total. The number of guanidine groups is 1. The normalized spacial score (nSPS) is 11.1. The predicted molar refractivity (Wildman–Crippen MR) is 135 cm³/mol. The van der Waals surface area contributed by atoms with Crippen LogP contribution in [0.2, 0.25) is 0 Å². The van der Waals surface area contributed by atoms with Crippen LogP contribution in [-0.4, -0.2) is 45.3 Å². The van der Waals surface area contributed by atoms with Crippen LogP contribution in [0.4, 0.5) is 0 Å². The first kappa shape index (κ1) is 23.9. The summed E-state index contributed by atoms with van der Waals surface area (Å²) >= 11 is 0. The summed E-state index contributed by atoms with van der Waals surface area (Å²) in [6.07, 6.45) is 3.90. The van der Waals surface area contributed by atoms with Crippen molar-refractivity contribution in [3.8, 4) is 11.5 Å². The van der Waals surface area contributed by atoms with Crippen LogP contribution in [0.15, 0.2) is 47.6 Å². The molecule has 0 saturated carbocycles. The van der Waals surface area contributed by atoms with Gasteiger partial charge in [0, 0.05) is 37.2 Å². The second-order valence-electron chi connectivity index (χ2n) is 6.93. The van der Waals surface area contributed by atoms with E-state index in [9.17, 15) is 0 Å². The highest BCUT2D eigenvalue weighted by atomic mass is 127. The van der Waals surface area contributed by atoms with Crippen LogP contribution in [0.3, 0.4) is 0 Å². The van der Waals surface area contributed by atoms with E-state index in [0.29, 0.717) is 0 Å². The molecule has 3 rings (SSSR count). The summed E-state index contributed by atoms with van der Waals surface area (Å²) in [5.41, 5.74) is 5.00. The number of halogens is 1. The predicted octanol–water partition coefficient (Wildman–Crippen LogP) is 4.06. The Morgan fingerprint density at radius 1 is 1.00 bits per heavy atom. The van der Waals surface area contributed by atoms with Crippen LogP contribution >= 0.6 is 24.0 Å². The number of ether oxygens (including phenoxy) is 2. The molecule has 3 aromatic rings. The van der Waals surface area contributed by atoms with Gasteiger partial charge < -0.3 is 25.1 Å². The molecule has 0 saturated heterocycles. The van der Waals surface area contributed by atoms with E-state index < -0.39 is 0 Å². The molecule has 0 unspecified atom stereocenters. The molecule has 0 spiro atoms. The second kappa shape index (κ2) is 11.7. The highest BCUT2D eigenvalue weighted by Gasteiger charge is 2.07. The van der Waals surface area contributed by atoms with Crippen molar-refractivity contribution in [2.75, 3.05) is 34.4 Å². The molecule has 162 valence electrons. The van der Waals surface area contributed by atoms with E-state index in [0.717, 1.165) is 43.4 Å². The first-order valence-electron chi connectivity index (χ1n) is 9.87. The monoisotopic (exact) mass is 522 g/mol. The third kappa shape index (κ3) is 5.81. The Kier molecular flexibility index (Phi) is 9.29. The second-order valence-corrected chi connectivity index (χ2v) is 6.93. The number of nitrogens with one attached hydrogen (secondary N) is 3. The maximum absolute atomic E-state index is 5.37. The lowest BCUT2D eigenvalue weighted by Crippen LogP contribution is -2.39. The van der Waals surface area contributed by atoms with E-state index in [1.165, 1.54) is 27.6 Å². The van der Waals surface area contributed by atoms with Crippen molar-refractivity contribution in [2.45, 2.75) is 19.8 Å². The summed E-state index contributed by atoms with van der Waals surface area (Å²) in [7, 11) is 5.09. The Bertz CT molecular complexity index is 984. The van der Waals surface area contributed by atoms with Crippen LogP contribution in [0.25, 0.3) is 10.9 Å². The quantitative estimate of drug-likeness (QED) is 0.237. The summed E-state index contributed by atoms with van der Waals surface area (Å²) in [5.74, 6) is 2.30. The van der Waals surface area contributed by atoms with Gasteiger partial charge in [-0.1, -0.05) is 18.2 Å². The van der Waals surface area contributed by atoms with Gasteiger partial charge >= 0.3 is 0 Å². The fraction of sp³-hybridized carbons (Fsp3) is 0.348. The smallest absolute Gasteiger partial charge is 0.190 e. The van der Waals surface area contributed by atoms with Crippen LogP contribution in [0.5, 0.6) is 11.5 Å². The summed E-state index contributed by atoms with van der Waals surface area (Å²) in [5, 5.41) is 8.10. The Balaban J connectivity index is 0.00000320. The van der Waals surface area contributed by atoms with E-state index in [1.54, 1.807) is 21.3 Å². The fourth-order valence-corrected chi connectivity index (χ4v) is 3.55. The molecule has 0 aliphatic carbocycles. The van der Waals surface area contributed by atoms with Crippen LogP contribution in [0.1, 0.15) is 16.7 Å². The first-order valence-corrected chi connectivity index (χ1v) is 9.87. The van der Waals surface area contributed by atoms with Gasteiger partial charge in [0.05, 0.1) is 14.2 Å². The fourth-order valence-electron chi connectivity index (χ4n) is 3.55. The van der Waals surface area contributed by atoms with E-state index in [4.69, 9.17) is 9.47 Å². The lowest BCUT2D eigenvalue weighted by atomic mass is 10.1. The number of aromatic amines is 1. The Morgan fingerprint density at radius 2 is 1.73 bits per heavy atom. The van der Waals surface area contributed by atoms with Gasteiger partial charge in [0.25, 0.3) is 0 Å². The molecular weight excluding hydrogens is 491 g/mol. The molecule has 30 heavy (non-hydrogen) atoms. The molecule has 2 aromatic carbocycles. The van der Waals surface area contributed by atoms with Gasteiger partial charge in [-0.15, -0.1) is 24.0 Å². The van der Waals surface area contributed by atoms with Gasteiger partial charge in [0.2, 0.25) is 0 Å². The van der Waals surface area contributed by atoms with Crippen molar-refractivity contribution in [1.82, 2.24) is 15.6 Å². The summed E-state index contributed by atoms with van der Waals surface area (Å²) in [6, 6.07) is 12.4. The largest absolute Gasteiger partial charge is 0.493 e. The molecule has 0 aliphatic rings. The number of hydrogen-bond acceptors (Lipinski definition) is 3. The highest BCUT2D eigenvalue weighted by molar-refractivity contribution is 14.0. The Labute approximate surface area is 195 Å². The molecule has 0 atom stereocenters. The van der Waals surface area contributed by atoms with Gasteiger partial charge in [-0.3, -0.25) is 4.99 Å². The summed E-state index contributed by atoms with van der Waals surface area (Å²) in [4.78, 5) is 7.68. The number of nitrogens with zero attached hydrogens (tertiary/aromatic N) is 1. The third-order valence-corrected chi connectivity index (χ3v) is 5.06. The minimum Gasteiger partial charge on any atom is -0.493 e. The van der Waals surface area contributed by atoms with E-state index in [1.807, 2.05) is 12.1 Å². The zero-order valence-corrected chi connectivity index (χ0v) is 20.4. The average Bonchev–Trinajstić information content (AvgIpc) is 3.16. The standard InChI is InChI=1S/C23H30N4O2.HI/c1-16-6-5-7-19-22(16)18(15-27-19)11-13-26-23(24-2)25-12-10-17-8-9-20(28-3)21(14-17)29-4;/h5-9,14-15,27H,10-13H2,1-4H3,(H2,24,25,26);1H. The molecule has 0 aliphatic heterocycles. The van der Waals surface area contributed by atoms with Gasteiger partial charge in [0.15, 0.2) is 17.5 Å². The van der Waals surface area contributed by atoms with Crippen molar-refractivity contribution >= 4 is 40.8 Å². The molecule has 0 amide bonds. The zero-order valence-electron chi connectivity index (χ0n) is 18.0. The zero-order chi connectivity index (χ0) is 20.6. The summed E-state index contributed by atoms with van der Waals surface area (Å²) < 4.78 is 10.7. The van der Waals surface area contributed by atoms with E-state index in [2.05, 4.69) is 58.0 Å². The molecular formula is C23H31IN4O2. The first-order chi connectivity index (χ1) is 14.2. The molecule has 0 radical (unpaired) electrons. The van der Waals surface area contributed by atoms with E-state index >= 15 is 0 Å². The van der Waals surface area contributed by atoms with Crippen molar-refractivity contribution in [3.63, 3.8) is 0 Å². The maximum Gasteiger partial charge on any atom is 0.190 e.